The highest BCUT2D eigenvalue weighted by atomic mass is 79.9. The third-order valence-corrected chi connectivity index (χ3v) is 3.97. The van der Waals surface area contributed by atoms with Crippen LogP contribution in [0.4, 0.5) is 0 Å². The van der Waals surface area contributed by atoms with Crippen molar-refractivity contribution in [2.75, 3.05) is 13.1 Å². The molecule has 0 bridgehead atoms. The highest BCUT2D eigenvalue weighted by molar-refractivity contribution is 9.10. The molecule has 1 aliphatic rings. The van der Waals surface area contributed by atoms with Crippen molar-refractivity contribution in [3.63, 3.8) is 0 Å². The lowest BCUT2D eigenvalue weighted by atomic mass is 9.92. The van der Waals surface area contributed by atoms with Gasteiger partial charge in [-0.2, -0.15) is 0 Å². The first-order chi connectivity index (χ1) is 8.70. The molecule has 0 unspecified atom stereocenters. The van der Waals surface area contributed by atoms with E-state index >= 15 is 0 Å². The van der Waals surface area contributed by atoms with Gasteiger partial charge in [-0.15, -0.1) is 0 Å². The first-order valence-corrected chi connectivity index (χ1v) is 7.42. The predicted octanol–water partition coefficient (Wildman–Crippen LogP) is 3.50. The van der Waals surface area contributed by atoms with Gasteiger partial charge in [0, 0.05) is 13.1 Å². The van der Waals surface area contributed by atoms with Crippen LogP contribution in [-0.2, 0) is 0 Å². The number of hydrogen-bond acceptors (Lipinski definition) is 2. The summed E-state index contributed by atoms with van der Waals surface area (Å²) in [5.74, 6) is 0.862. The Balaban J connectivity index is 1.95. The summed E-state index contributed by atoms with van der Waals surface area (Å²) in [5, 5.41) is 0. The van der Waals surface area contributed by atoms with Crippen LogP contribution in [0, 0.1) is 5.92 Å². The van der Waals surface area contributed by atoms with E-state index < -0.39 is 0 Å². The fourth-order valence-electron chi connectivity index (χ4n) is 2.52. The minimum absolute atomic E-state index is 0.0613. The number of aromatic nitrogens is 1. The van der Waals surface area contributed by atoms with Crippen molar-refractivity contribution < 1.29 is 4.79 Å². The second-order valence-corrected chi connectivity index (χ2v) is 5.68. The summed E-state index contributed by atoms with van der Waals surface area (Å²) in [6, 6.07) is 5.48. The van der Waals surface area contributed by atoms with E-state index in [0.717, 1.165) is 31.8 Å². The van der Waals surface area contributed by atoms with E-state index in [1.165, 1.54) is 12.8 Å². The molecule has 1 aliphatic heterocycles. The highest BCUT2D eigenvalue weighted by Crippen LogP contribution is 2.22. The minimum Gasteiger partial charge on any atom is -0.337 e. The Morgan fingerprint density at radius 1 is 1.44 bits per heavy atom. The van der Waals surface area contributed by atoms with Gasteiger partial charge in [-0.1, -0.05) is 25.8 Å². The van der Waals surface area contributed by atoms with Crippen LogP contribution in [0.3, 0.4) is 0 Å². The minimum atomic E-state index is 0.0613. The Morgan fingerprint density at radius 2 is 2.17 bits per heavy atom. The fourth-order valence-corrected chi connectivity index (χ4v) is 2.87. The molecule has 0 radical (unpaired) electrons. The Labute approximate surface area is 117 Å². The molecule has 0 spiro atoms. The molecule has 1 aromatic rings. The molecule has 2 rings (SSSR count). The van der Waals surface area contributed by atoms with Crippen molar-refractivity contribution in [3.05, 3.63) is 28.5 Å². The predicted molar refractivity (Wildman–Crippen MR) is 75.5 cm³/mol. The molecule has 0 aliphatic carbocycles. The van der Waals surface area contributed by atoms with Gasteiger partial charge in [0.05, 0.1) is 0 Å². The quantitative estimate of drug-likeness (QED) is 0.801. The SMILES string of the molecule is CCCC1CCN(C(=O)c2cccc(Br)n2)CC1. The van der Waals surface area contributed by atoms with Crippen molar-refractivity contribution in [1.82, 2.24) is 9.88 Å². The Hall–Kier alpha value is -0.900. The van der Waals surface area contributed by atoms with E-state index in [0.29, 0.717) is 10.3 Å². The van der Waals surface area contributed by atoms with E-state index in [1.54, 1.807) is 6.07 Å². The van der Waals surface area contributed by atoms with Crippen LogP contribution in [0.25, 0.3) is 0 Å². The van der Waals surface area contributed by atoms with Gasteiger partial charge in [-0.05, 0) is 46.8 Å². The van der Waals surface area contributed by atoms with Crippen molar-refractivity contribution in [3.8, 4) is 0 Å². The molecule has 1 amide bonds. The van der Waals surface area contributed by atoms with Gasteiger partial charge in [0.15, 0.2) is 0 Å². The molecule has 0 atom stereocenters. The fraction of sp³-hybridized carbons (Fsp3) is 0.571. The maximum Gasteiger partial charge on any atom is 0.272 e. The van der Waals surface area contributed by atoms with Gasteiger partial charge in [0.2, 0.25) is 0 Å². The molecule has 1 fully saturated rings. The topological polar surface area (TPSA) is 33.2 Å². The van der Waals surface area contributed by atoms with Gasteiger partial charge in [-0.25, -0.2) is 4.98 Å². The first-order valence-electron chi connectivity index (χ1n) is 6.62. The van der Waals surface area contributed by atoms with Crippen LogP contribution in [0.15, 0.2) is 22.8 Å². The van der Waals surface area contributed by atoms with Crippen LogP contribution in [0.5, 0.6) is 0 Å². The maximum absolute atomic E-state index is 12.3. The Bertz CT molecular complexity index is 414. The van der Waals surface area contributed by atoms with Crippen molar-refractivity contribution in [2.45, 2.75) is 32.6 Å². The number of carbonyl (C=O) groups excluding carboxylic acids is 1. The number of halogens is 1. The number of hydrogen-bond donors (Lipinski definition) is 0. The second-order valence-electron chi connectivity index (χ2n) is 4.87. The molecule has 1 saturated heterocycles. The molecule has 98 valence electrons. The number of likely N-dealkylation sites (tertiary alicyclic amines) is 1. The number of carbonyl (C=O) groups is 1. The van der Waals surface area contributed by atoms with Gasteiger partial charge >= 0.3 is 0 Å². The lowest BCUT2D eigenvalue weighted by molar-refractivity contribution is 0.0680. The standard InChI is InChI=1S/C14H19BrN2O/c1-2-4-11-7-9-17(10-8-11)14(18)12-5-3-6-13(15)16-12/h3,5-6,11H,2,4,7-10H2,1H3. The molecule has 0 saturated carbocycles. The van der Waals surface area contributed by atoms with Crippen molar-refractivity contribution in [2.24, 2.45) is 5.92 Å². The summed E-state index contributed by atoms with van der Waals surface area (Å²) in [7, 11) is 0. The maximum atomic E-state index is 12.3. The molecule has 0 N–H and O–H groups in total. The lowest BCUT2D eigenvalue weighted by Crippen LogP contribution is -2.38. The average Bonchev–Trinajstić information content (AvgIpc) is 2.39. The molecular weight excluding hydrogens is 292 g/mol. The molecule has 2 heterocycles. The van der Waals surface area contributed by atoms with Gasteiger partial charge < -0.3 is 4.90 Å². The van der Waals surface area contributed by atoms with Crippen molar-refractivity contribution in [1.29, 1.82) is 0 Å². The Kier molecular flexibility index (Phi) is 4.75. The molecule has 3 nitrogen and oxygen atoms in total. The van der Waals surface area contributed by atoms with Crippen molar-refractivity contribution >= 4 is 21.8 Å². The number of amides is 1. The number of rotatable bonds is 3. The highest BCUT2D eigenvalue weighted by Gasteiger charge is 2.23. The summed E-state index contributed by atoms with van der Waals surface area (Å²) < 4.78 is 0.717. The molecule has 0 aromatic carbocycles. The number of nitrogens with zero attached hydrogens (tertiary/aromatic N) is 2. The van der Waals surface area contributed by atoms with E-state index in [-0.39, 0.29) is 5.91 Å². The van der Waals surface area contributed by atoms with E-state index in [9.17, 15) is 4.79 Å². The zero-order valence-corrected chi connectivity index (χ0v) is 12.3. The Morgan fingerprint density at radius 3 is 2.78 bits per heavy atom. The van der Waals surface area contributed by atoms with E-state index in [4.69, 9.17) is 0 Å². The molecule has 1 aromatic heterocycles. The summed E-state index contributed by atoms with van der Waals surface area (Å²) >= 11 is 3.30. The molecule has 18 heavy (non-hydrogen) atoms. The normalized spacial score (nSPS) is 16.9. The monoisotopic (exact) mass is 310 g/mol. The summed E-state index contributed by atoms with van der Waals surface area (Å²) in [5.41, 5.74) is 0.540. The largest absolute Gasteiger partial charge is 0.337 e. The van der Waals surface area contributed by atoms with Crippen LogP contribution >= 0.6 is 15.9 Å². The molecule has 4 heteroatoms. The van der Waals surface area contributed by atoms with E-state index in [2.05, 4.69) is 27.8 Å². The van der Waals surface area contributed by atoms with Gasteiger partial charge in [0.1, 0.15) is 10.3 Å². The number of piperidine rings is 1. The first kappa shape index (κ1) is 13.5. The lowest BCUT2D eigenvalue weighted by Gasteiger charge is -2.31. The van der Waals surface area contributed by atoms with Crippen LogP contribution in [0.2, 0.25) is 0 Å². The second kappa shape index (κ2) is 6.32. The van der Waals surface area contributed by atoms with E-state index in [1.807, 2.05) is 17.0 Å². The van der Waals surface area contributed by atoms with Gasteiger partial charge in [-0.3, -0.25) is 4.79 Å². The zero-order chi connectivity index (χ0) is 13.0. The van der Waals surface area contributed by atoms with Crippen LogP contribution in [0.1, 0.15) is 43.1 Å². The summed E-state index contributed by atoms with van der Waals surface area (Å²) in [6.45, 7) is 3.97. The summed E-state index contributed by atoms with van der Waals surface area (Å²) in [4.78, 5) is 18.4. The number of pyridine rings is 1. The smallest absolute Gasteiger partial charge is 0.272 e. The average molecular weight is 311 g/mol. The zero-order valence-electron chi connectivity index (χ0n) is 10.7. The third kappa shape index (κ3) is 3.31. The van der Waals surface area contributed by atoms with Gasteiger partial charge in [0.25, 0.3) is 5.91 Å². The third-order valence-electron chi connectivity index (χ3n) is 3.53. The van der Waals surface area contributed by atoms with Crippen LogP contribution < -0.4 is 0 Å². The van der Waals surface area contributed by atoms with Crippen LogP contribution in [-0.4, -0.2) is 28.9 Å². The molecular formula is C14H19BrN2O. The summed E-state index contributed by atoms with van der Waals surface area (Å²) in [6.07, 6.45) is 4.80.